The van der Waals surface area contributed by atoms with Crippen LogP contribution in [-0.4, -0.2) is 11.6 Å². The lowest BCUT2D eigenvalue weighted by Gasteiger charge is -1.99. The van der Waals surface area contributed by atoms with Crippen molar-refractivity contribution in [2.24, 2.45) is 0 Å². The van der Waals surface area contributed by atoms with E-state index in [4.69, 9.17) is 4.74 Å². The summed E-state index contributed by atoms with van der Waals surface area (Å²) in [6.07, 6.45) is 1.72. The first kappa shape index (κ1) is 7.18. The Morgan fingerprint density at radius 2 is 2.57 bits per heavy atom. The van der Waals surface area contributed by atoms with Crippen molar-refractivity contribution < 1.29 is 4.74 Å². The zero-order valence-electron chi connectivity index (χ0n) is 4.36. The van der Waals surface area contributed by atoms with Gasteiger partial charge in [-0.2, -0.15) is 0 Å². The average Bonchev–Trinajstić information content (AvgIpc) is 1.61. The summed E-state index contributed by atoms with van der Waals surface area (Å²) in [5.74, 6) is 0. The molecule has 0 rings (SSSR count). The van der Waals surface area contributed by atoms with E-state index in [0.717, 1.165) is 0 Å². The van der Waals surface area contributed by atoms with E-state index in [-0.39, 0.29) is 5.01 Å². The minimum atomic E-state index is 0.144. The van der Waals surface area contributed by atoms with E-state index in [1.807, 2.05) is 6.92 Å². The molecule has 0 aliphatic carbocycles. The second-order valence-electron chi connectivity index (χ2n) is 1.17. The zero-order valence-corrected chi connectivity index (χ0v) is 5.94. The van der Waals surface area contributed by atoms with E-state index in [1.54, 1.807) is 6.08 Å². The summed E-state index contributed by atoms with van der Waals surface area (Å²) in [7, 11) is 0. The van der Waals surface area contributed by atoms with Gasteiger partial charge in [-0.1, -0.05) is 22.0 Å². The SMILES string of the molecule is C=CCOC(C)Br. The van der Waals surface area contributed by atoms with Crippen LogP contribution in [0.4, 0.5) is 0 Å². The Hall–Kier alpha value is 0.180. The predicted octanol–water partition coefficient (Wildman–Crippen LogP) is 1.93. The fraction of sp³-hybridized carbons (Fsp3) is 0.600. The molecular formula is C5H9BrO. The van der Waals surface area contributed by atoms with Crippen LogP contribution in [-0.2, 0) is 4.74 Å². The van der Waals surface area contributed by atoms with Gasteiger partial charge in [-0.05, 0) is 6.92 Å². The van der Waals surface area contributed by atoms with Gasteiger partial charge in [0.15, 0.2) is 0 Å². The van der Waals surface area contributed by atoms with E-state index >= 15 is 0 Å². The van der Waals surface area contributed by atoms with Gasteiger partial charge in [0.1, 0.15) is 5.01 Å². The minimum absolute atomic E-state index is 0.144. The fourth-order valence-electron chi connectivity index (χ4n) is 0.201. The summed E-state index contributed by atoms with van der Waals surface area (Å²) in [5, 5.41) is 0.144. The molecule has 0 saturated heterocycles. The highest BCUT2D eigenvalue weighted by molar-refractivity contribution is 9.09. The Labute approximate surface area is 52.5 Å². The van der Waals surface area contributed by atoms with Crippen molar-refractivity contribution in [1.82, 2.24) is 0 Å². The third kappa shape index (κ3) is 6.18. The number of rotatable bonds is 3. The van der Waals surface area contributed by atoms with Crippen LogP contribution >= 0.6 is 15.9 Å². The number of halogens is 1. The Bertz CT molecular complexity index is 52.0. The van der Waals surface area contributed by atoms with Gasteiger partial charge in [0, 0.05) is 0 Å². The van der Waals surface area contributed by atoms with E-state index < -0.39 is 0 Å². The van der Waals surface area contributed by atoms with Crippen LogP contribution in [0.15, 0.2) is 12.7 Å². The summed E-state index contributed by atoms with van der Waals surface area (Å²) >= 11 is 3.21. The summed E-state index contributed by atoms with van der Waals surface area (Å²) in [6.45, 7) is 6.02. The standard InChI is InChI=1S/C5H9BrO/c1-3-4-7-5(2)6/h3,5H,1,4H2,2H3. The quantitative estimate of drug-likeness (QED) is 0.458. The van der Waals surface area contributed by atoms with Crippen molar-refractivity contribution in [3.63, 3.8) is 0 Å². The largest absolute Gasteiger partial charge is 0.363 e. The van der Waals surface area contributed by atoms with Crippen LogP contribution in [0.2, 0.25) is 0 Å². The molecule has 0 aromatic carbocycles. The van der Waals surface area contributed by atoms with Crippen LogP contribution < -0.4 is 0 Å². The Morgan fingerprint density at radius 3 is 2.71 bits per heavy atom. The highest BCUT2D eigenvalue weighted by Crippen LogP contribution is 1.97. The molecule has 0 spiro atoms. The molecular weight excluding hydrogens is 156 g/mol. The molecule has 0 amide bonds. The van der Waals surface area contributed by atoms with E-state index in [0.29, 0.717) is 6.61 Å². The Kier molecular flexibility index (Phi) is 4.45. The van der Waals surface area contributed by atoms with Gasteiger partial charge in [-0.3, -0.25) is 0 Å². The van der Waals surface area contributed by atoms with Crippen molar-refractivity contribution in [2.75, 3.05) is 6.61 Å². The fourth-order valence-corrected chi connectivity index (χ4v) is 0.353. The van der Waals surface area contributed by atoms with E-state index in [9.17, 15) is 0 Å². The minimum Gasteiger partial charge on any atom is -0.363 e. The molecule has 0 aliphatic heterocycles. The second-order valence-corrected chi connectivity index (χ2v) is 2.45. The molecule has 1 nitrogen and oxygen atoms in total. The predicted molar refractivity (Wildman–Crippen MR) is 34.5 cm³/mol. The van der Waals surface area contributed by atoms with Crippen molar-refractivity contribution in [1.29, 1.82) is 0 Å². The average molecular weight is 165 g/mol. The van der Waals surface area contributed by atoms with Crippen molar-refractivity contribution in [2.45, 2.75) is 11.9 Å². The maximum absolute atomic E-state index is 4.99. The first-order chi connectivity index (χ1) is 3.27. The lowest BCUT2D eigenvalue weighted by Crippen LogP contribution is -1.96. The van der Waals surface area contributed by atoms with Gasteiger partial charge in [0.2, 0.25) is 0 Å². The maximum Gasteiger partial charge on any atom is 0.110 e. The lowest BCUT2D eigenvalue weighted by atomic mass is 10.7. The van der Waals surface area contributed by atoms with Crippen LogP contribution in [0.5, 0.6) is 0 Å². The monoisotopic (exact) mass is 164 g/mol. The molecule has 42 valence electrons. The third-order valence-corrected chi connectivity index (χ3v) is 0.708. The van der Waals surface area contributed by atoms with Gasteiger partial charge >= 0.3 is 0 Å². The smallest absolute Gasteiger partial charge is 0.110 e. The highest BCUT2D eigenvalue weighted by atomic mass is 79.9. The molecule has 0 N–H and O–H groups in total. The molecule has 7 heavy (non-hydrogen) atoms. The summed E-state index contributed by atoms with van der Waals surface area (Å²) < 4.78 is 4.99. The number of hydrogen-bond acceptors (Lipinski definition) is 1. The van der Waals surface area contributed by atoms with Gasteiger partial charge in [0.05, 0.1) is 6.61 Å². The molecule has 2 heteroatoms. The van der Waals surface area contributed by atoms with Gasteiger partial charge in [-0.25, -0.2) is 0 Å². The van der Waals surface area contributed by atoms with Crippen molar-refractivity contribution >= 4 is 15.9 Å². The molecule has 0 saturated carbocycles. The molecule has 0 heterocycles. The number of alkyl halides is 1. The van der Waals surface area contributed by atoms with Gasteiger partial charge in [-0.15, -0.1) is 6.58 Å². The van der Waals surface area contributed by atoms with E-state index in [2.05, 4.69) is 22.5 Å². The molecule has 0 bridgehead atoms. The van der Waals surface area contributed by atoms with Crippen LogP contribution in [0, 0.1) is 0 Å². The highest BCUT2D eigenvalue weighted by Gasteiger charge is 1.87. The normalized spacial score (nSPS) is 13.4. The molecule has 1 unspecified atom stereocenters. The number of ether oxygens (including phenoxy) is 1. The second kappa shape index (κ2) is 4.34. The topological polar surface area (TPSA) is 9.23 Å². The maximum atomic E-state index is 4.99. The first-order valence-electron chi connectivity index (χ1n) is 2.14. The molecule has 0 fully saturated rings. The summed E-state index contributed by atoms with van der Waals surface area (Å²) in [6, 6.07) is 0. The Balaban J connectivity index is 2.81. The zero-order chi connectivity index (χ0) is 5.70. The van der Waals surface area contributed by atoms with E-state index in [1.165, 1.54) is 0 Å². The van der Waals surface area contributed by atoms with Crippen LogP contribution in [0.25, 0.3) is 0 Å². The first-order valence-corrected chi connectivity index (χ1v) is 3.05. The van der Waals surface area contributed by atoms with Crippen molar-refractivity contribution in [3.05, 3.63) is 12.7 Å². The Morgan fingerprint density at radius 1 is 2.00 bits per heavy atom. The molecule has 0 aliphatic rings. The molecule has 0 radical (unpaired) electrons. The summed E-state index contributed by atoms with van der Waals surface area (Å²) in [5.41, 5.74) is 0. The number of hydrogen-bond donors (Lipinski definition) is 0. The lowest BCUT2D eigenvalue weighted by molar-refractivity contribution is 0.157. The van der Waals surface area contributed by atoms with Crippen LogP contribution in [0.1, 0.15) is 6.92 Å². The third-order valence-electron chi connectivity index (χ3n) is 0.444. The van der Waals surface area contributed by atoms with Crippen molar-refractivity contribution in [3.8, 4) is 0 Å². The molecule has 0 aromatic heterocycles. The van der Waals surface area contributed by atoms with Gasteiger partial charge in [0.25, 0.3) is 0 Å². The molecule has 0 aromatic rings. The summed E-state index contributed by atoms with van der Waals surface area (Å²) in [4.78, 5) is 0. The van der Waals surface area contributed by atoms with Crippen LogP contribution in [0.3, 0.4) is 0 Å². The molecule has 1 atom stereocenters. The van der Waals surface area contributed by atoms with Gasteiger partial charge < -0.3 is 4.74 Å².